The molecule has 0 saturated heterocycles. The molecular weight excluding hydrogens is 377 g/mol. The second-order valence-electron chi connectivity index (χ2n) is 6.47. The van der Waals surface area contributed by atoms with Gasteiger partial charge in [-0.3, -0.25) is 18.6 Å². The van der Waals surface area contributed by atoms with Crippen molar-refractivity contribution in [1.29, 1.82) is 0 Å². The van der Waals surface area contributed by atoms with Gasteiger partial charge < -0.3 is 9.73 Å². The van der Waals surface area contributed by atoms with E-state index in [1.54, 1.807) is 41.3 Å². The minimum atomic E-state index is -0.429. The highest BCUT2D eigenvalue weighted by Gasteiger charge is 2.12. The first-order chi connectivity index (χ1) is 14.1. The Morgan fingerprint density at radius 1 is 1.17 bits per heavy atom. The fourth-order valence-electron chi connectivity index (χ4n) is 3.03. The van der Waals surface area contributed by atoms with Crippen LogP contribution in [-0.4, -0.2) is 25.1 Å². The van der Waals surface area contributed by atoms with Gasteiger partial charge in [-0.1, -0.05) is 6.07 Å². The summed E-state index contributed by atoms with van der Waals surface area (Å²) in [7, 11) is 0. The molecule has 1 amide bonds. The molecule has 3 aromatic heterocycles. The number of nitrogens with zero attached hydrogens (tertiary/aromatic N) is 4. The number of hydrogen-bond acceptors (Lipinski definition) is 5. The molecule has 4 rings (SSSR count). The van der Waals surface area contributed by atoms with Gasteiger partial charge in [-0.05, 0) is 36.8 Å². The van der Waals surface area contributed by atoms with Crippen LogP contribution in [0.4, 0.5) is 4.39 Å². The lowest BCUT2D eigenvalue weighted by molar-refractivity contribution is -0.121. The van der Waals surface area contributed by atoms with E-state index < -0.39 is 11.4 Å². The standard InChI is InChI=1S/C20H18FN5O3/c21-14-4-1-5-15(12-14)25-9-10-26-17(23-24-19(26)20(25)28)7-2-8-18(27)22-13-16-6-3-11-29-16/h1,3-6,9-12H,2,7-8,13H2,(H,22,27). The maximum atomic E-state index is 13.5. The highest BCUT2D eigenvalue weighted by atomic mass is 19.1. The lowest BCUT2D eigenvalue weighted by Gasteiger charge is -2.06. The quantitative estimate of drug-likeness (QED) is 0.518. The molecule has 1 aromatic carbocycles. The molecule has 0 fully saturated rings. The van der Waals surface area contributed by atoms with Crippen molar-refractivity contribution in [2.24, 2.45) is 0 Å². The average molecular weight is 395 g/mol. The summed E-state index contributed by atoms with van der Waals surface area (Å²) in [4.78, 5) is 24.6. The van der Waals surface area contributed by atoms with E-state index >= 15 is 0 Å². The smallest absolute Gasteiger partial charge is 0.300 e. The van der Waals surface area contributed by atoms with E-state index in [-0.39, 0.29) is 11.6 Å². The van der Waals surface area contributed by atoms with Crippen molar-refractivity contribution < 1.29 is 13.6 Å². The van der Waals surface area contributed by atoms with Gasteiger partial charge in [0.15, 0.2) is 0 Å². The second-order valence-corrected chi connectivity index (χ2v) is 6.47. The van der Waals surface area contributed by atoms with Crippen molar-refractivity contribution in [2.45, 2.75) is 25.8 Å². The summed E-state index contributed by atoms with van der Waals surface area (Å²) in [5, 5.41) is 10.8. The number of carbonyl (C=O) groups is 1. The molecule has 0 aliphatic heterocycles. The first-order valence-corrected chi connectivity index (χ1v) is 9.12. The molecular formula is C20H18FN5O3. The maximum Gasteiger partial charge on any atom is 0.300 e. The van der Waals surface area contributed by atoms with Gasteiger partial charge in [0.2, 0.25) is 11.6 Å². The van der Waals surface area contributed by atoms with Crippen molar-refractivity contribution >= 4 is 11.6 Å². The molecule has 3 heterocycles. The molecule has 0 unspecified atom stereocenters. The molecule has 0 atom stereocenters. The zero-order valence-electron chi connectivity index (χ0n) is 15.4. The van der Waals surface area contributed by atoms with E-state index in [4.69, 9.17) is 4.42 Å². The van der Waals surface area contributed by atoms with Crippen molar-refractivity contribution in [3.63, 3.8) is 0 Å². The number of hydrogen-bond donors (Lipinski definition) is 1. The van der Waals surface area contributed by atoms with Gasteiger partial charge >= 0.3 is 5.56 Å². The number of amides is 1. The number of benzene rings is 1. The van der Waals surface area contributed by atoms with Crippen LogP contribution in [0.5, 0.6) is 0 Å². The van der Waals surface area contributed by atoms with E-state index in [2.05, 4.69) is 15.5 Å². The van der Waals surface area contributed by atoms with Crippen LogP contribution in [-0.2, 0) is 17.8 Å². The first kappa shape index (κ1) is 18.6. The van der Waals surface area contributed by atoms with Crippen LogP contribution in [0, 0.1) is 5.82 Å². The molecule has 0 radical (unpaired) electrons. The molecule has 4 aromatic rings. The molecule has 9 heteroatoms. The van der Waals surface area contributed by atoms with E-state index in [9.17, 15) is 14.0 Å². The Balaban J connectivity index is 1.42. The highest BCUT2D eigenvalue weighted by Crippen LogP contribution is 2.10. The zero-order chi connectivity index (χ0) is 20.2. The largest absolute Gasteiger partial charge is 0.467 e. The number of rotatable bonds is 7. The molecule has 0 saturated carbocycles. The summed E-state index contributed by atoms with van der Waals surface area (Å²) < 4.78 is 21.5. The number of furan rings is 1. The summed E-state index contributed by atoms with van der Waals surface area (Å²) in [6.45, 7) is 0.347. The van der Waals surface area contributed by atoms with Crippen molar-refractivity contribution in [3.05, 3.63) is 82.8 Å². The van der Waals surface area contributed by atoms with E-state index in [1.807, 2.05) is 0 Å². The van der Waals surface area contributed by atoms with Gasteiger partial charge in [0, 0.05) is 25.2 Å². The van der Waals surface area contributed by atoms with Gasteiger partial charge in [0.1, 0.15) is 17.4 Å². The van der Waals surface area contributed by atoms with Crippen LogP contribution >= 0.6 is 0 Å². The molecule has 29 heavy (non-hydrogen) atoms. The van der Waals surface area contributed by atoms with Crippen LogP contribution < -0.4 is 10.9 Å². The minimum absolute atomic E-state index is 0.0938. The summed E-state index contributed by atoms with van der Waals surface area (Å²) in [6, 6.07) is 9.32. The number of fused-ring (bicyclic) bond motifs is 1. The average Bonchev–Trinajstić information content (AvgIpc) is 3.37. The highest BCUT2D eigenvalue weighted by molar-refractivity contribution is 5.75. The van der Waals surface area contributed by atoms with Gasteiger partial charge in [-0.15, -0.1) is 10.2 Å². The van der Waals surface area contributed by atoms with E-state index in [1.165, 1.54) is 22.8 Å². The molecule has 0 bridgehead atoms. The van der Waals surface area contributed by atoms with Crippen molar-refractivity contribution in [3.8, 4) is 5.69 Å². The number of nitrogens with one attached hydrogen (secondary N) is 1. The summed E-state index contributed by atoms with van der Waals surface area (Å²) >= 11 is 0. The van der Waals surface area contributed by atoms with Crippen LogP contribution in [0.15, 0.2) is 64.3 Å². The van der Waals surface area contributed by atoms with Crippen LogP contribution in [0.25, 0.3) is 11.3 Å². The second kappa shape index (κ2) is 8.09. The van der Waals surface area contributed by atoms with E-state index in [0.717, 1.165) is 0 Å². The van der Waals surface area contributed by atoms with Crippen molar-refractivity contribution in [2.75, 3.05) is 0 Å². The number of aromatic nitrogens is 4. The fourth-order valence-corrected chi connectivity index (χ4v) is 3.03. The van der Waals surface area contributed by atoms with E-state index in [0.29, 0.717) is 43.1 Å². The minimum Gasteiger partial charge on any atom is -0.467 e. The zero-order valence-corrected chi connectivity index (χ0v) is 15.4. The molecule has 0 spiro atoms. The molecule has 8 nitrogen and oxygen atoms in total. The Bertz CT molecular complexity index is 1200. The maximum absolute atomic E-state index is 13.5. The third-order valence-electron chi connectivity index (χ3n) is 4.47. The number of carbonyl (C=O) groups excluding carboxylic acids is 1. The van der Waals surface area contributed by atoms with Crippen LogP contribution in [0.2, 0.25) is 0 Å². The van der Waals surface area contributed by atoms with Crippen LogP contribution in [0.3, 0.4) is 0 Å². The Labute approximate surface area is 164 Å². The summed E-state index contributed by atoms with van der Waals surface area (Å²) in [6.07, 6.45) is 6.12. The normalized spacial score (nSPS) is 11.1. The molecule has 0 aliphatic rings. The van der Waals surface area contributed by atoms with Crippen LogP contribution in [0.1, 0.15) is 24.4 Å². The fraction of sp³-hybridized carbons (Fsp3) is 0.200. The van der Waals surface area contributed by atoms with Gasteiger partial charge in [0.05, 0.1) is 18.5 Å². The Morgan fingerprint density at radius 2 is 2.07 bits per heavy atom. The van der Waals surface area contributed by atoms with Gasteiger partial charge in [-0.25, -0.2) is 4.39 Å². The predicted molar refractivity (Wildman–Crippen MR) is 102 cm³/mol. The SMILES string of the molecule is O=C(CCCc1nnc2c(=O)n(-c3cccc(F)c3)ccn12)NCc1ccco1. The third kappa shape index (κ3) is 4.08. The summed E-state index contributed by atoms with van der Waals surface area (Å²) in [5.41, 5.74) is 0.164. The third-order valence-corrected chi connectivity index (χ3v) is 4.47. The lowest BCUT2D eigenvalue weighted by atomic mass is 10.2. The monoisotopic (exact) mass is 395 g/mol. The Kier molecular flexibility index (Phi) is 5.19. The molecule has 1 N–H and O–H groups in total. The molecule has 0 aliphatic carbocycles. The first-order valence-electron chi connectivity index (χ1n) is 9.12. The van der Waals surface area contributed by atoms with Gasteiger partial charge in [-0.2, -0.15) is 0 Å². The lowest BCUT2D eigenvalue weighted by Crippen LogP contribution is -2.22. The topological polar surface area (TPSA) is 94.4 Å². The predicted octanol–water partition coefficient (Wildman–Crippen LogP) is 2.25. The number of halogens is 1. The number of aryl methyl sites for hydroxylation is 1. The van der Waals surface area contributed by atoms with Crippen molar-refractivity contribution in [1.82, 2.24) is 24.5 Å². The van der Waals surface area contributed by atoms with Gasteiger partial charge in [0.25, 0.3) is 0 Å². The molecule has 148 valence electrons. The Morgan fingerprint density at radius 3 is 2.86 bits per heavy atom. The Hall–Kier alpha value is -3.75. The summed E-state index contributed by atoms with van der Waals surface area (Å²) in [5.74, 6) is 0.754.